The van der Waals surface area contributed by atoms with E-state index >= 15 is 0 Å². The van der Waals surface area contributed by atoms with Gasteiger partial charge in [-0.1, -0.05) is 0 Å². The van der Waals surface area contributed by atoms with E-state index < -0.39 is 91.9 Å². The van der Waals surface area contributed by atoms with Crippen molar-refractivity contribution in [3.05, 3.63) is 0 Å². The van der Waals surface area contributed by atoms with Crippen molar-refractivity contribution in [2.75, 3.05) is 13.2 Å². The predicted octanol–water partition coefficient (Wildman–Crippen LogP) is -6.05. The van der Waals surface area contributed by atoms with Crippen molar-refractivity contribution in [1.29, 1.82) is 0 Å². The molecule has 0 spiro atoms. The maximum absolute atomic E-state index is 12.0. The topological polar surface area (TPSA) is 259 Å². The number of ketones is 1. The van der Waals surface area contributed by atoms with Crippen molar-refractivity contribution >= 4 is 5.78 Å². The van der Waals surface area contributed by atoms with E-state index in [1.807, 2.05) is 0 Å². The lowest BCUT2D eigenvalue weighted by molar-refractivity contribution is -0.302. The van der Waals surface area contributed by atoms with E-state index in [1.165, 1.54) is 0 Å². The van der Waals surface area contributed by atoms with Crippen LogP contribution in [0.3, 0.4) is 0 Å². The van der Waals surface area contributed by atoms with Crippen molar-refractivity contribution in [2.24, 2.45) is 22.9 Å². The molecule has 3 aliphatic rings. The van der Waals surface area contributed by atoms with Gasteiger partial charge in [0.25, 0.3) is 0 Å². The van der Waals surface area contributed by atoms with Gasteiger partial charge in [-0.25, -0.2) is 0 Å². The number of hydrogen-bond donors (Lipinski definition) is 9. The molecule has 2 heterocycles. The van der Waals surface area contributed by atoms with Crippen LogP contribution in [0.15, 0.2) is 0 Å². The van der Waals surface area contributed by atoms with Crippen LogP contribution in [0.2, 0.25) is 0 Å². The lowest BCUT2D eigenvalue weighted by atomic mass is 9.84. The highest BCUT2D eigenvalue weighted by Crippen LogP contribution is 2.30. The van der Waals surface area contributed by atoms with E-state index in [1.54, 1.807) is 0 Å². The highest BCUT2D eigenvalue weighted by atomic mass is 16.7. The summed E-state index contributed by atoms with van der Waals surface area (Å²) < 4.78 is 22.4. The predicted molar refractivity (Wildman–Crippen MR) is 105 cm³/mol. The zero-order chi connectivity index (χ0) is 23.7. The van der Waals surface area contributed by atoms with Gasteiger partial charge in [0.05, 0.1) is 24.9 Å². The molecular formula is C18H34N4O10. The summed E-state index contributed by atoms with van der Waals surface area (Å²) in [5, 5.41) is 50.1. The van der Waals surface area contributed by atoms with Crippen LogP contribution in [0, 0.1) is 0 Å². The molecule has 13 N–H and O–H groups in total. The fraction of sp³-hybridized carbons (Fsp3) is 0.944. The average Bonchev–Trinajstić information content (AvgIpc) is 2.75. The molecule has 2 aliphatic heterocycles. The summed E-state index contributed by atoms with van der Waals surface area (Å²) in [7, 11) is 0. The molecule has 2 saturated heterocycles. The van der Waals surface area contributed by atoms with Gasteiger partial charge >= 0.3 is 0 Å². The van der Waals surface area contributed by atoms with Crippen LogP contribution in [-0.2, 0) is 23.7 Å². The number of carbonyl (C=O) groups is 1. The molecule has 14 nitrogen and oxygen atoms in total. The summed E-state index contributed by atoms with van der Waals surface area (Å²) >= 11 is 0. The molecule has 3 fully saturated rings. The first-order valence-electron chi connectivity index (χ1n) is 10.5. The highest BCUT2D eigenvalue weighted by molar-refractivity contribution is 5.88. The van der Waals surface area contributed by atoms with Crippen molar-refractivity contribution in [3.8, 4) is 0 Å². The molecule has 0 aromatic rings. The summed E-state index contributed by atoms with van der Waals surface area (Å²) in [5.74, 6) is -0.989. The Balaban J connectivity index is 1.71. The molecule has 14 heteroatoms. The standard InChI is InChI=1S/C18H34N4O10/c19-3-9-8(24)2-7(22)17(29-9)31-15-5(20)1-6(21)16(14(15)28)32-18-13(27)12(26)11(25)10(4-23)30-18/h5-11,13-18,23-25,27-28H,1-4,19-22H2/t5-,6+,7+,8-,9+,10+,11+,13+,14-,15+,16-,17+,18+/m0/s1. The Morgan fingerprint density at radius 1 is 0.844 bits per heavy atom. The third kappa shape index (κ3) is 5.12. The van der Waals surface area contributed by atoms with Crippen LogP contribution in [0.5, 0.6) is 0 Å². The number of aliphatic hydroxyl groups is 5. The quantitative estimate of drug-likeness (QED) is 0.176. The number of Topliss-reactive ketones (excluding diaryl/α,β-unsaturated/α-hetero) is 1. The molecule has 3 rings (SSSR count). The van der Waals surface area contributed by atoms with E-state index in [0.29, 0.717) is 0 Å². The number of hydrogen-bond acceptors (Lipinski definition) is 14. The zero-order valence-electron chi connectivity index (χ0n) is 17.4. The molecule has 0 aromatic heterocycles. The SMILES string of the molecule is NC[C@H]1O[C@H](O[C@H]2[C@H](O)[C@@H](O[C@H]3O[C@H](CO)[C@@H](O)C(=O)[C@H]3O)[C@H](N)C[C@@H]2N)[C@H](N)C[C@@H]1O. The Morgan fingerprint density at radius 3 is 1.97 bits per heavy atom. The first-order valence-corrected chi connectivity index (χ1v) is 10.5. The molecule has 0 radical (unpaired) electrons. The van der Waals surface area contributed by atoms with Crippen molar-refractivity contribution in [1.82, 2.24) is 0 Å². The Labute approximate surface area is 184 Å². The van der Waals surface area contributed by atoms with Gasteiger partial charge in [0, 0.05) is 18.6 Å². The Hall–Kier alpha value is -0.850. The fourth-order valence-corrected chi connectivity index (χ4v) is 4.26. The summed E-state index contributed by atoms with van der Waals surface area (Å²) in [6.07, 6.45) is -12.4. The van der Waals surface area contributed by atoms with E-state index in [0.717, 1.165) is 0 Å². The molecule has 0 unspecified atom stereocenters. The maximum Gasteiger partial charge on any atom is 0.197 e. The van der Waals surface area contributed by atoms with Crippen molar-refractivity contribution in [3.63, 3.8) is 0 Å². The monoisotopic (exact) mass is 466 g/mol. The average molecular weight is 466 g/mol. The van der Waals surface area contributed by atoms with Gasteiger partial charge in [-0.2, -0.15) is 0 Å². The molecule has 13 atom stereocenters. The zero-order valence-corrected chi connectivity index (χ0v) is 17.4. The number of nitrogens with two attached hydrogens (primary N) is 4. The van der Waals surface area contributed by atoms with E-state index in [4.69, 9.17) is 41.9 Å². The van der Waals surface area contributed by atoms with Gasteiger partial charge in [-0.05, 0) is 12.8 Å². The smallest absolute Gasteiger partial charge is 0.197 e. The second-order valence-electron chi connectivity index (χ2n) is 8.52. The summed E-state index contributed by atoms with van der Waals surface area (Å²) in [6, 6.07) is -2.26. The summed E-state index contributed by atoms with van der Waals surface area (Å²) in [4.78, 5) is 12.0. The highest BCUT2D eigenvalue weighted by Gasteiger charge is 2.50. The molecule has 0 amide bonds. The van der Waals surface area contributed by atoms with Crippen molar-refractivity contribution < 1.29 is 49.3 Å². The minimum atomic E-state index is -1.86. The molecule has 186 valence electrons. The lowest BCUT2D eigenvalue weighted by Gasteiger charge is -2.47. The van der Waals surface area contributed by atoms with Crippen LogP contribution in [-0.4, -0.2) is 124 Å². The molecule has 32 heavy (non-hydrogen) atoms. The van der Waals surface area contributed by atoms with Crippen LogP contribution in [0.1, 0.15) is 12.8 Å². The summed E-state index contributed by atoms with van der Waals surface area (Å²) in [6.45, 7) is -0.660. The maximum atomic E-state index is 12.0. The number of aliphatic hydroxyl groups excluding tert-OH is 5. The van der Waals surface area contributed by atoms with Crippen LogP contribution >= 0.6 is 0 Å². The second-order valence-corrected chi connectivity index (χ2v) is 8.52. The van der Waals surface area contributed by atoms with Crippen molar-refractivity contribution in [2.45, 2.75) is 92.4 Å². The molecule has 0 bridgehead atoms. The third-order valence-electron chi connectivity index (χ3n) is 6.16. The normalized spacial score (nSPS) is 50.4. The van der Waals surface area contributed by atoms with E-state index in [9.17, 15) is 30.3 Å². The third-order valence-corrected chi connectivity index (χ3v) is 6.16. The van der Waals surface area contributed by atoms with Crippen LogP contribution < -0.4 is 22.9 Å². The summed E-state index contributed by atoms with van der Waals surface area (Å²) in [5.41, 5.74) is 23.8. The minimum Gasteiger partial charge on any atom is -0.394 e. The minimum absolute atomic E-state index is 0.0342. The molecular weight excluding hydrogens is 432 g/mol. The second kappa shape index (κ2) is 10.6. The number of carbonyl (C=O) groups excluding carboxylic acids is 1. The van der Waals surface area contributed by atoms with Gasteiger partial charge in [-0.15, -0.1) is 0 Å². The van der Waals surface area contributed by atoms with Crippen LogP contribution in [0.4, 0.5) is 0 Å². The van der Waals surface area contributed by atoms with Gasteiger partial charge in [0.15, 0.2) is 24.5 Å². The van der Waals surface area contributed by atoms with Crippen LogP contribution in [0.25, 0.3) is 0 Å². The Morgan fingerprint density at radius 2 is 1.41 bits per heavy atom. The Bertz CT molecular complexity index is 647. The van der Waals surface area contributed by atoms with Gasteiger partial charge < -0.3 is 67.4 Å². The van der Waals surface area contributed by atoms with Gasteiger partial charge in [0.2, 0.25) is 0 Å². The van der Waals surface area contributed by atoms with Gasteiger partial charge in [-0.3, -0.25) is 4.79 Å². The first kappa shape index (κ1) is 25.8. The first-order chi connectivity index (χ1) is 15.1. The van der Waals surface area contributed by atoms with E-state index in [-0.39, 0.29) is 19.4 Å². The number of ether oxygens (including phenoxy) is 4. The van der Waals surface area contributed by atoms with E-state index in [2.05, 4.69) is 0 Å². The molecule has 1 aliphatic carbocycles. The largest absolute Gasteiger partial charge is 0.394 e. The number of rotatable bonds is 6. The van der Waals surface area contributed by atoms with Gasteiger partial charge in [0.1, 0.15) is 30.5 Å². The molecule has 1 saturated carbocycles. The lowest BCUT2D eigenvalue weighted by Crippen LogP contribution is -2.67. The molecule has 0 aromatic carbocycles. The fourth-order valence-electron chi connectivity index (χ4n) is 4.26. The Kier molecular flexibility index (Phi) is 8.54.